The quantitative estimate of drug-likeness (QED) is 0.882. The molecular formula is C17H20ClF3N2O2. The zero-order chi connectivity index (χ0) is 16.9. The third-order valence-electron chi connectivity index (χ3n) is 5.35. The molecule has 8 heteroatoms. The Kier molecular flexibility index (Phi) is 4.90. The fraction of sp³-hybridized carbons (Fsp3) is 0.588. The lowest BCUT2D eigenvalue weighted by Gasteiger charge is -2.18. The molecule has 2 saturated heterocycles. The van der Waals surface area contributed by atoms with Crippen LogP contribution in [0.15, 0.2) is 24.3 Å². The van der Waals surface area contributed by atoms with Gasteiger partial charge in [0.2, 0.25) is 5.91 Å². The Balaban J connectivity index is 0.00000182. The van der Waals surface area contributed by atoms with Gasteiger partial charge in [0.05, 0.1) is 0 Å². The third-order valence-corrected chi connectivity index (χ3v) is 5.35. The molecule has 1 saturated carbocycles. The van der Waals surface area contributed by atoms with Crippen molar-refractivity contribution in [2.24, 2.45) is 17.8 Å². The van der Waals surface area contributed by atoms with Crippen molar-refractivity contribution in [2.75, 3.05) is 26.2 Å². The number of hydrogen-bond donors (Lipinski definition) is 1. The fourth-order valence-corrected chi connectivity index (χ4v) is 4.09. The van der Waals surface area contributed by atoms with Crippen LogP contribution < -0.4 is 10.1 Å². The van der Waals surface area contributed by atoms with E-state index in [1.165, 1.54) is 12.1 Å². The van der Waals surface area contributed by atoms with Gasteiger partial charge in [-0.25, -0.2) is 0 Å². The van der Waals surface area contributed by atoms with Crippen LogP contribution in [0.4, 0.5) is 13.2 Å². The van der Waals surface area contributed by atoms with E-state index in [4.69, 9.17) is 0 Å². The van der Waals surface area contributed by atoms with Crippen molar-refractivity contribution >= 4 is 18.3 Å². The Labute approximate surface area is 150 Å². The van der Waals surface area contributed by atoms with Gasteiger partial charge >= 0.3 is 6.36 Å². The lowest BCUT2D eigenvalue weighted by Crippen LogP contribution is -2.33. The number of nitrogens with one attached hydrogen (secondary N) is 1. The minimum Gasteiger partial charge on any atom is -0.405 e. The van der Waals surface area contributed by atoms with Crippen LogP contribution >= 0.6 is 12.4 Å². The molecule has 2 unspecified atom stereocenters. The van der Waals surface area contributed by atoms with Crippen molar-refractivity contribution in [3.8, 4) is 5.75 Å². The number of amides is 1. The number of ether oxygens (including phenoxy) is 1. The average molecular weight is 377 g/mol. The second-order valence-electron chi connectivity index (χ2n) is 6.96. The highest BCUT2D eigenvalue weighted by atomic mass is 35.5. The second kappa shape index (κ2) is 6.68. The fourth-order valence-electron chi connectivity index (χ4n) is 4.09. The number of benzene rings is 1. The molecule has 1 amide bonds. The van der Waals surface area contributed by atoms with Crippen LogP contribution in [-0.4, -0.2) is 43.3 Å². The number of para-hydroxylation sites is 1. The standard InChI is InChI=1S/C17H19F3N2O2.ClH/c18-17(19,20)24-15-4-2-1-3-12(15)13-5-14(13)16(23)22-8-10-6-21-7-11(10)9-22;/h1-4,10-11,13-14,21H,5-9H2;1H/t10-,11+,13?,14?;. The maximum absolute atomic E-state index is 12.7. The van der Waals surface area contributed by atoms with Crippen molar-refractivity contribution in [1.29, 1.82) is 0 Å². The Morgan fingerprint density at radius 2 is 1.80 bits per heavy atom. The molecule has 3 fully saturated rings. The minimum atomic E-state index is -4.72. The largest absolute Gasteiger partial charge is 0.573 e. The van der Waals surface area contributed by atoms with Gasteiger partial charge in [-0.15, -0.1) is 25.6 Å². The molecule has 1 aliphatic carbocycles. The van der Waals surface area contributed by atoms with Gasteiger partial charge in [-0.1, -0.05) is 18.2 Å². The first kappa shape index (κ1) is 18.3. The minimum absolute atomic E-state index is 0. The summed E-state index contributed by atoms with van der Waals surface area (Å²) in [7, 11) is 0. The molecule has 4 rings (SSSR count). The molecule has 0 spiro atoms. The summed E-state index contributed by atoms with van der Waals surface area (Å²) >= 11 is 0. The molecule has 25 heavy (non-hydrogen) atoms. The predicted molar refractivity (Wildman–Crippen MR) is 87.7 cm³/mol. The van der Waals surface area contributed by atoms with Crippen molar-refractivity contribution in [1.82, 2.24) is 10.2 Å². The number of rotatable bonds is 3. The van der Waals surface area contributed by atoms with Gasteiger partial charge in [0.25, 0.3) is 0 Å². The van der Waals surface area contributed by atoms with E-state index >= 15 is 0 Å². The number of likely N-dealkylation sites (tertiary alicyclic amines) is 1. The zero-order valence-electron chi connectivity index (χ0n) is 13.5. The number of halogens is 4. The highest BCUT2D eigenvalue weighted by Crippen LogP contribution is 2.52. The molecule has 0 radical (unpaired) electrons. The van der Waals surface area contributed by atoms with E-state index in [0.717, 1.165) is 26.2 Å². The van der Waals surface area contributed by atoms with Crippen LogP contribution in [0, 0.1) is 17.8 Å². The first-order valence-electron chi connectivity index (χ1n) is 8.26. The van der Waals surface area contributed by atoms with Gasteiger partial charge in [0.15, 0.2) is 0 Å². The van der Waals surface area contributed by atoms with E-state index in [9.17, 15) is 18.0 Å². The average Bonchev–Trinajstić information content (AvgIpc) is 2.99. The summed E-state index contributed by atoms with van der Waals surface area (Å²) < 4.78 is 41.7. The smallest absolute Gasteiger partial charge is 0.405 e. The number of nitrogens with zero attached hydrogens (tertiary/aromatic N) is 1. The van der Waals surface area contributed by atoms with Gasteiger partial charge in [-0.05, 0) is 35.8 Å². The maximum atomic E-state index is 12.7. The van der Waals surface area contributed by atoms with Gasteiger partial charge < -0.3 is 15.0 Å². The topological polar surface area (TPSA) is 41.6 Å². The van der Waals surface area contributed by atoms with Gasteiger partial charge in [0, 0.05) is 32.1 Å². The molecule has 0 bridgehead atoms. The van der Waals surface area contributed by atoms with Crippen molar-refractivity contribution < 1.29 is 22.7 Å². The first-order chi connectivity index (χ1) is 11.4. The Morgan fingerprint density at radius 3 is 2.44 bits per heavy atom. The van der Waals surface area contributed by atoms with E-state index in [-0.39, 0.29) is 35.9 Å². The van der Waals surface area contributed by atoms with Crippen molar-refractivity contribution in [2.45, 2.75) is 18.7 Å². The molecule has 4 nitrogen and oxygen atoms in total. The van der Waals surface area contributed by atoms with Crippen LogP contribution in [0.25, 0.3) is 0 Å². The monoisotopic (exact) mass is 376 g/mol. The predicted octanol–water partition coefficient (Wildman–Crippen LogP) is 2.79. The summed E-state index contributed by atoms with van der Waals surface area (Å²) in [6.45, 7) is 3.43. The van der Waals surface area contributed by atoms with Gasteiger partial charge in [-0.3, -0.25) is 4.79 Å². The van der Waals surface area contributed by atoms with E-state index in [0.29, 0.717) is 23.8 Å². The summed E-state index contributed by atoms with van der Waals surface area (Å²) in [5.41, 5.74) is 0.481. The van der Waals surface area contributed by atoms with E-state index in [1.807, 2.05) is 4.90 Å². The number of carbonyl (C=O) groups excluding carboxylic acids is 1. The lowest BCUT2D eigenvalue weighted by atomic mass is 10.0. The Hall–Kier alpha value is -1.47. The number of alkyl halides is 3. The molecule has 0 aromatic heterocycles. The third kappa shape index (κ3) is 3.72. The van der Waals surface area contributed by atoms with Crippen LogP contribution in [0.5, 0.6) is 5.75 Å². The summed E-state index contributed by atoms with van der Waals surface area (Å²) in [6.07, 6.45) is -4.12. The van der Waals surface area contributed by atoms with Crippen molar-refractivity contribution in [3.63, 3.8) is 0 Å². The summed E-state index contributed by atoms with van der Waals surface area (Å²) in [4.78, 5) is 14.6. The maximum Gasteiger partial charge on any atom is 0.573 e. The number of fused-ring (bicyclic) bond motifs is 1. The summed E-state index contributed by atoms with van der Waals surface area (Å²) in [5, 5.41) is 3.33. The lowest BCUT2D eigenvalue weighted by molar-refractivity contribution is -0.274. The number of carbonyl (C=O) groups is 1. The molecular weight excluding hydrogens is 357 g/mol. The molecule has 2 aliphatic heterocycles. The SMILES string of the molecule is Cl.O=C(C1CC1c1ccccc1OC(F)(F)F)N1C[C@H]2CNC[C@H]2C1. The Bertz CT molecular complexity index is 643. The zero-order valence-corrected chi connectivity index (χ0v) is 14.3. The first-order valence-corrected chi connectivity index (χ1v) is 8.26. The van der Waals surface area contributed by atoms with Gasteiger partial charge in [-0.2, -0.15) is 0 Å². The van der Waals surface area contributed by atoms with Crippen LogP contribution in [0.1, 0.15) is 17.9 Å². The summed E-state index contributed by atoms with van der Waals surface area (Å²) in [5.74, 6) is 0.549. The molecule has 1 aromatic rings. The molecule has 138 valence electrons. The summed E-state index contributed by atoms with van der Waals surface area (Å²) in [6, 6.07) is 6.14. The van der Waals surface area contributed by atoms with Crippen molar-refractivity contribution in [3.05, 3.63) is 29.8 Å². The van der Waals surface area contributed by atoms with E-state index < -0.39 is 6.36 Å². The number of hydrogen-bond acceptors (Lipinski definition) is 3. The Morgan fingerprint density at radius 1 is 1.16 bits per heavy atom. The highest BCUT2D eigenvalue weighted by Gasteiger charge is 2.50. The van der Waals surface area contributed by atoms with E-state index in [2.05, 4.69) is 10.1 Å². The molecule has 1 N–H and O–H groups in total. The van der Waals surface area contributed by atoms with Crippen LogP contribution in [0.2, 0.25) is 0 Å². The molecule has 2 heterocycles. The van der Waals surface area contributed by atoms with Crippen LogP contribution in [0.3, 0.4) is 0 Å². The molecule has 4 atom stereocenters. The highest BCUT2D eigenvalue weighted by molar-refractivity contribution is 5.85. The van der Waals surface area contributed by atoms with Crippen LogP contribution in [-0.2, 0) is 4.79 Å². The molecule has 3 aliphatic rings. The van der Waals surface area contributed by atoms with E-state index in [1.54, 1.807) is 12.1 Å². The normalized spacial score (nSPS) is 30.6. The second-order valence-corrected chi connectivity index (χ2v) is 6.96. The van der Waals surface area contributed by atoms with Gasteiger partial charge in [0.1, 0.15) is 5.75 Å². The molecule has 1 aromatic carbocycles.